The van der Waals surface area contributed by atoms with Crippen LogP contribution in [0.25, 0.3) is 0 Å². The molecule has 33 heavy (non-hydrogen) atoms. The molecule has 0 fully saturated rings. The molecule has 167 valence electrons. The second kappa shape index (κ2) is 14.6. The second-order valence-electron chi connectivity index (χ2n) is 7.21. The predicted octanol–water partition coefficient (Wildman–Crippen LogP) is -1.11. The fraction of sp³-hybridized carbons (Fsp3) is 0.250. The topological polar surface area (TPSA) is 84.9 Å². The number of allylic oxidation sites excluding steroid dienone is 1. The number of aliphatic hydroxyl groups is 1. The molecule has 0 atom stereocenters. The van der Waals surface area contributed by atoms with Crippen LogP contribution in [0.2, 0.25) is 0 Å². The van der Waals surface area contributed by atoms with E-state index in [4.69, 9.17) is 5.11 Å². The molecule has 9 heteroatoms. The van der Waals surface area contributed by atoms with Crippen molar-refractivity contribution in [2.24, 2.45) is 0 Å². The van der Waals surface area contributed by atoms with E-state index >= 15 is 0 Å². The molecule has 7 nitrogen and oxygen atoms in total. The van der Waals surface area contributed by atoms with Gasteiger partial charge in [0, 0.05) is 63.8 Å². The molecule has 2 aliphatic heterocycles. The molecule has 3 N–H and O–H groups in total. The molecule has 2 aliphatic rings. The zero-order valence-electron chi connectivity index (χ0n) is 20.2. The fourth-order valence-corrected chi connectivity index (χ4v) is 3.26. The Hall–Kier alpha value is -2.52. The first kappa shape index (κ1) is 28.5. The monoisotopic (exact) mass is 455 g/mol. The normalized spacial score (nSPS) is 14.5. The minimum atomic E-state index is -0.0709. The van der Waals surface area contributed by atoms with Crippen LogP contribution in [0.5, 0.6) is 0 Å². The fourth-order valence-electron chi connectivity index (χ4n) is 3.26. The number of hydrogen-bond donors (Lipinski definition) is 3. The largest absolute Gasteiger partial charge is 1.00 e. The third kappa shape index (κ3) is 8.40. The van der Waals surface area contributed by atoms with Crippen LogP contribution in [0, 0.1) is 0 Å². The van der Waals surface area contributed by atoms with Gasteiger partial charge >= 0.3 is 29.6 Å². The minimum Gasteiger partial charge on any atom is -1.00 e. The van der Waals surface area contributed by atoms with E-state index in [9.17, 15) is 9.59 Å². The SMILES string of the molecule is CC1=CN(C(=O)c2ccccc2)CCN1.O=C(c1ccccc1)N1C=C(CO)NCC1.[B].[H-].[Na+]. The zero-order valence-corrected chi connectivity index (χ0v) is 21.2. The number of benzene rings is 2. The molecular formula is C24H29BN4NaO3. The summed E-state index contributed by atoms with van der Waals surface area (Å²) in [6.07, 6.45) is 3.53. The van der Waals surface area contributed by atoms with Gasteiger partial charge in [-0.15, -0.1) is 0 Å². The third-order valence-corrected chi connectivity index (χ3v) is 4.86. The first-order valence-electron chi connectivity index (χ1n) is 10.3. The van der Waals surface area contributed by atoms with E-state index in [2.05, 4.69) is 10.6 Å². The molecular weight excluding hydrogens is 426 g/mol. The van der Waals surface area contributed by atoms with Crippen molar-refractivity contribution < 1.29 is 45.7 Å². The molecule has 0 saturated heterocycles. The quantitative estimate of drug-likeness (QED) is 0.512. The first-order valence-corrected chi connectivity index (χ1v) is 10.3. The number of amides is 2. The predicted molar refractivity (Wildman–Crippen MR) is 127 cm³/mol. The molecule has 0 aromatic heterocycles. The van der Waals surface area contributed by atoms with Crippen LogP contribution in [-0.2, 0) is 0 Å². The van der Waals surface area contributed by atoms with Crippen LogP contribution < -0.4 is 40.2 Å². The van der Waals surface area contributed by atoms with Crippen LogP contribution in [0.15, 0.2) is 84.5 Å². The summed E-state index contributed by atoms with van der Waals surface area (Å²) in [6, 6.07) is 18.5. The third-order valence-electron chi connectivity index (χ3n) is 4.86. The Bertz CT molecular complexity index is 961. The summed E-state index contributed by atoms with van der Waals surface area (Å²) in [7, 11) is 0. The minimum absolute atomic E-state index is 0. The Balaban J connectivity index is 0.000000590. The summed E-state index contributed by atoms with van der Waals surface area (Å²) in [5, 5.41) is 15.2. The van der Waals surface area contributed by atoms with Gasteiger partial charge in [-0.1, -0.05) is 36.4 Å². The van der Waals surface area contributed by atoms with Crippen LogP contribution in [0.1, 0.15) is 29.1 Å². The number of carbonyl (C=O) groups excluding carboxylic acids is 2. The average Bonchev–Trinajstić information content (AvgIpc) is 2.84. The van der Waals surface area contributed by atoms with Crippen molar-refractivity contribution in [3.8, 4) is 0 Å². The van der Waals surface area contributed by atoms with Gasteiger partial charge < -0.3 is 27.0 Å². The number of carbonyl (C=O) groups is 2. The Labute approximate surface area is 220 Å². The summed E-state index contributed by atoms with van der Waals surface area (Å²) < 4.78 is 0. The number of nitrogens with one attached hydrogen (secondary N) is 2. The molecule has 2 amide bonds. The van der Waals surface area contributed by atoms with Crippen molar-refractivity contribution in [2.45, 2.75) is 6.92 Å². The maximum atomic E-state index is 12.0. The summed E-state index contributed by atoms with van der Waals surface area (Å²) in [4.78, 5) is 27.4. The molecule has 0 bridgehead atoms. The van der Waals surface area contributed by atoms with Crippen LogP contribution >= 0.6 is 0 Å². The molecule has 0 aliphatic carbocycles. The van der Waals surface area contributed by atoms with Gasteiger partial charge in [-0.25, -0.2) is 0 Å². The molecule has 2 aromatic rings. The van der Waals surface area contributed by atoms with Crippen LogP contribution in [-0.4, -0.2) is 67.9 Å². The number of hydrogen-bond acceptors (Lipinski definition) is 5. The van der Waals surface area contributed by atoms with E-state index in [-0.39, 0.29) is 57.8 Å². The Morgan fingerprint density at radius 3 is 1.76 bits per heavy atom. The number of nitrogens with zero attached hydrogens (tertiary/aromatic N) is 2. The molecule has 0 saturated carbocycles. The van der Waals surface area contributed by atoms with Crippen molar-refractivity contribution in [3.05, 3.63) is 95.6 Å². The zero-order chi connectivity index (χ0) is 22.1. The van der Waals surface area contributed by atoms with E-state index in [0.717, 1.165) is 24.4 Å². The van der Waals surface area contributed by atoms with E-state index in [0.29, 0.717) is 24.4 Å². The van der Waals surface area contributed by atoms with Crippen molar-refractivity contribution in [1.29, 1.82) is 0 Å². The second-order valence-corrected chi connectivity index (χ2v) is 7.21. The molecule has 2 aromatic carbocycles. The van der Waals surface area contributed by atoms with Crippen molar-refractivity contribution in [2.75, 3.05) is 32.8 Å². The molecule has 2 heterocycles. The summed E-state index contributed by atoms with van der Waals surface area (Å²) >= 11 is 0. The van der Waals surface area contributed by atoms with E-state index in [1.807, 2.05) is 61.7 Å². The van der Waals surface area contributed by atoms with Gasteiger partial charge in [0.15, 0.2) is 0 Å². The van der Waals surface area contributed by atoms with E-state index in [1.54, 1.807) is 28.1 Å². The summed E-state index contributed by atoms with van der Waals surface area (Å²) in [5.41, 5.74) is 3.11. The maximum Gasteiger partial charge on any atom is 1.00 e. The van der Waals surface area contributed by atoms with Gasteiger partial charge in [0.25, 0.3) is 11.8 Å². The molecule has 0 spiro atoms. The molecule has 0 unspecified atom stereocenters. The van der Waals surface area contributed by atoms with Crippen LogP contribution in [0.4, 0.5) is 0 Å². The standard InChI is InChI=1S/C12H14N2O2.C12H14N2O.B.Na.H/c15-9-11-8-14(7-6-13-11)12(16)10-4-2-1-3-5-10;1-10-9-14(8-7-13-10)12(15)11-5-3-2-4-6-11;;;/h1-5,8,13,15H,6-7,9H2;2-6,9,13H,7-8H2,1H3;;;/q;;;+1;-1. The number of aliphatic hydroxyl groups excluding tert-OH is 1. The van der Waals surface area contributed by atoms with Crippen LogP contribution in [0.3, 0.4) is 0 Å². The van der Waals surface area contributed by atoms with Gasteiger partial charge in [-0.05, 0) is 31.2 Å². The summed E-state index contributed by atoms with van der Waals surface area (Å²) in [5.74, 6) is 0.0319. The summed E-state index contributed by atoms with van der Waals surface area (Å²) in [6.45, 7) is 4.73. The first-order chi connectivity index (χ1) is 15.1. The molecule has 3 radical (unpaired) electrons. The van der Waals surface area contributed by atoms with Gasteiger partial charge in [0.05, 0.1) is 12.3 Å². The van der Waals surface area contributed by atoms with Crippen molar-refractivity contribution in [1.82, 2.24) is 20.4 Å². The Morgan fingerprint density at radius 2 is 1.30 bits per heavy atom. The maximum absolute atomic E-state index is 12.0. The van der Waals surface area contributed by atoms with Gasteiger partial charge in [-0.3, -0.25) is 9.59 Å². The number of rotatable bonds is 3. The van der Waals surface area contributed by atoms with E-state index < -0.39 is 0 Å². The van der Waals surface area contributed by atoms with E-state index in [1.165, 1.54) is 0 Å². The Morgan fingerprint density at radius 1 is 0.848 bits per heavy atom. The van der Waals surface area contributed by atoms with Gasteiger partial charge in [0.1, 0.15) is 0 Å². The average molecular weight is 455 g/mol. The molecule has 4 rings (SSSR count). The smallest absolute Gasteiger partial charge is 1.00 e. The van der Waals surface area contributed by atoms with Crippen molar-refractivity contribution in [3.63, 3.8) is 0 Å². The van der Waals surface area contributed by atoms with Gasteiger partial charge in [-0.2, -0.15) is 0 Å². The van der Waals surface area contributed by atoms with Gasteiger partial charge in [0.2, 0.25) is 0 Å². The van der Waals surface area contributed by atoms with Crippen molar-refractivity contribution >= 4 is 20.2 Å². The Kier molecular flexibility index (Phi) is 12.6.